The largest absolute Gasteiger partial charge is 0.394 e. The topological polar surface area (TPSA) is 92.1 Å². The van der Waals surface area contributed by atoms with Crippen LogP contribution in [0.1, 0.15) is 21.6 Å². The van der Waals surface area contributed by atoms with Crippen LogP contribution in [0.5, 0.6) is 0 Å². The summed E-state index contributed by atoms with van der Waals surface area (Å²) < 4.78 is 1.61. The van der Waals surface area contributed by atoms with Crippen LogP contribution in [0.2, 0.25) is 0 Å². The summed E-state index contributed by atoms with van der Waals surface area (Å²) in [7, 11) is 1.61. The minimum atomic E-state index is -0.0880. The molecule has 112 valence electrons. The summed E-state index contributed by atoms with van der Waals surface area (Å²) in [6, 6.07) is 7.43. The number of hydrogen-bond donors (Lipinski definition) is 3. The minimum absolute atomic E-state index is 0.0495. The number of nitrogens with zero attached hydrogens (tertiary/aromatic N) is 3. The number of nitrogens with one attached hydrogen (secondary N) is 2. The number of aromatic nitrogens is 3. The normalized spacial score (nSPS) is 10.6. The molecule has 1 heterocycles. The molecule has 0 aliphatic rings. The Labute approximate surface area is 123 Å². The van der Waals surface area contributed by atoms with Gasteiger partial charge in [-0.1, -0.05) is 17.3 Å². The van der Waals surface area contributed by atoms with Crippen LogP contribution in [-0.2, 0) is 19.6 Å². The van der Waals surface area contributed by atoms with E-state index in [2.05, 4.69) is 20.9 Å². The first-order valence-corrected chi connectivity index (χ1v) is 6.74. The van der Waals surface area contributed by atoms with Crippen LogP contribution in [-0.4, -0.2) is 39.7 Å². The molecule has 0 spiro atoms. The van der Waals surface area contributed by atoms with Crippen LogP contribution >= 0.6 is 0 Å². The van der Waals surface area contributed by atoms with Gasteiger partial charge in [-0.2, -0.15) is 0 Å². The van der Waals surface area contributed by atoms with Crippen LogP contribution in [0.3, 0.4) is 0 Å². The Balaban J connectivity index is 1.81. The van der Waals surface area contributed by atoms with Crippen LogP contribution in [0.25, 0.3) is 0 Å². The summed E-state index contributed by atoms with van der Waals surface area (Å²) in [6.07, 6.45) is 1.80. The molecule has 2 aromatic rings. The number of aliphatic hydroxyl groups excluding tert-OH is 1. The zero-order chi connectivity index (χ0) is 15.1. The molecule has 1 aromatic carbocycles. The van der Waals surface area contributed by atoms with E-state index in [1.807, 2.05) is 12.1 Å². The monoisotopic (exact) mass is 289 g/mol. The Morgan fingerprint density at radius 3 is 2.71 bits per heavy atom. The van der Waals surface area contributed by atoms with Crippen molar-refractivity contribution in [2.24, 2.45) is 0 Å². The first-order valence-electron chi connectivity index (χ1n) is 6.74. The lowest BCUT2D eigenvalue weighted by Gasteiger charge is -2.04. The van der Waals surface area contributed by atoms with Gasteiger partial charge in [-0.25, -0.2) is 4.68 Å². The van der Waals surface area contributed by atoms with Gasteiger partial charge in [0.15, 0.2) is 0 Å². The van der Waals surface area contributed by atoms with Gasteiger partial charge in [0.2, 0.25) is 0 Å². The Morgan fingerprint density at radius 1 is 1.29 bits per heavy atom. The van der Waals surface area contributed by atoms with Crippen LogP contribution in [0.15, 0.2) is 30.5 Å². The van der Waals surface area contributed by atoms with Crippen molar-refractivity contribution in [2.45, 2.75) is 19.6 Å². The van der Waals surface area contributed by atoms with Crippen molar-refractivity contribution in [3.05, 3.63) is 47.3 Å². The Kier molecular flexibility index (Phi) is 5.42. The molecule has 1 amide bonds. The second-order valence-electron chi connectivity index (χ2n) is 4.58. The molecular weight excluding hydrogens is 270 g/mol. The summed E-state index contributed by atoms with van der Waals surface area (Å²) in [5.74, 6) is -0.0880. The third-order valence-corrected chi connectivity index (χ3v) is 2.99. The number of aliphatic hydroxyl groups is 1. The highest BCUT2D eigenvalue weighted by Gasteiger charge is 2.03. The average Bonchev–Trinajstić information content (AvgIpc) is 2.95. The number of benzene rings is 1. The third kappa shape index (κ3) is 4.37. The van der Waals surface area contributed by atoms with E-state index >= 15 is 0 Å². The van der Waals surface area contributed by atoms with Gasteiger partial charge in [0.25, 0.3) is 5.91 Å². The summed E-state index contributed by atoms with van der Waals surface area (Å²) in [6.45, 7) is 1.78. The van der Waals surface area contributed by atoms with Gasteiger partial charge < -0.3 is 15.7 Å². The van der Waals surface area contributed by atoms with Gasteiger partial charge in [-0.3, -0.25) is 4.79 Å². The lowest BCUT2D eigenvalue weighted by Crippen LogP contribution is -2.18. The van der Waals surface area contributed by atoms with Gasteiger partial charge in [0, 0.05) is 31.9 Å². The molecule has 7 nitrogen and oxygen atoms in total. The quantitative estimate of drug-likeness (QED) is 0.663. The summed E-state index contributed by atoms with van der Waals surface area (Å²) in [5.41, 5.74) is 2.56. The van der Waals surface area contributed by atoms with E-state index in [1.54, 1.807) is 30.1 Å². The molecule has 0 aliphatic carbocycles. The zero-order valence-electron chi connectivity index (χ0n) is 11.9. The number of amides is 1. The molecular formula is C14H19N5O2. The standard InChI is InChI=1S/C14H19N5O2/c1-15-14(21)12-4-2-11(3-5-12)8-16-9-13-10-19(6-7-20)18-17-13/h2-5,10,16,20H,6-9H2,1H3,(H,15,21). The second kappa shape index (κ2) is 7.51. The van der Waals surface area contributed by atoms with Gasteiger partial charge in [-0.05, 0) is 17.7 Å². The smallest absolute Gasteiger partial charge is 0.251 e. The number of carbonyl (C=O) groups excluding carboxylic acids is 1. The lowest BCUT2D eigenvalue weighted by atomic mass is 10.1. The molecule has 1 aromatic heterocycles. The fourth-order valence-corrected chi connectivity index (χ4v) is 1.88. The molecule has 0 atom stereocenters. The highest BCUT2D eigenvalue weighted by atomic mass is 16.3. The van der Waals surface area contributed by atoms with E-state index in [4.69, 9.17) is 5.11 Å². The number of hydrogen-bond acceptors (Lipinski definition) is 5. The van der Waals surface area contributed by atoms with Gasteiger partial charge in [0.05, 0.1) is 18.8 Å². The van der Waals surface area contributed by atoms with Crippen molar-refractivity contribution in [2.75, 3.05) is 13.7 Å². The Bertz CT molecular complexity index is 579. The number of carbonyl (C=O) groups is 1. The van der Waals surface area contributed by atoms with Crippen molar-refractivity contribution in [3.8, 4) is 0 Å². The first-order chi connectivity index (χ1) is 10.2. The highest BCUT2D eigenvalue weighted by Crippen LogP contribution is 2.04. The Morgan fingerprint density at radius 2 is 2.05 bits per heavy atom. The van der Waals surface area contributed by atoms with Crippen LogP contribution in [0, 0.1) is 0 Å². The average molecular weight is 289 g/mol. The van der Waals surface area contributed by atoms with Crippen molar-refractivity contribution in [3.63, 3.8) is 0 Å². The maximum absolute atomic E-state index is 11.4. The van der Waals surface area contributed by atoms with Gasteiger partial charge in [0.1, 0.15) is 0 Å². The van der Waals surface area contributed by atoms with Crippen molar-refractivity contribution in [1.29, 1.82) is 0 Å². The van der Waals surface area contributed by atoms with Gasteiger partial charge in [-0.15, -0.1) is 5.10 Å². The van der Waals surface area contributed by atoms with E-state index in [-0.39, 0.29) is 12.5 Å². The maximum Gasteiger partial charge on any atom is 0.251 e. The van der Waals surface area contributed by atoms with Crippen molar-refractivity contribution in [1.82, 2.24) is 25.6 Å². The molecule has 0 radical (unpaired) electrons. The molecule has 7 heteroatoms. The molecule has 0 saturated carbocycles. The summed E-state index contributed by atoms with van der Waals surface area (Å²) in [5, 5.41) is 22.5. The predicted octanol–water partition coefficient (Wildman–Crippen LogP) is -0.0802. The van der Waals surface area contributed by atoms with Crippen LogP contribution < -0.4 is 10.6 Å². The lowest BCUT2D eigenvalue weighted by molar-refractivity contribution is 0.0963. The zero-order valence-corrected chi connectivity index (χ0v) is 11.9. The van der Waals surface area contributed by atoms with E-state index in [0.717, 1.165) is 11.3 Å². The molecule has 2 rings (SSSR count). The summed E-state index contributed by atoms with van der Waals surface area (Å²) in [4.78, 5) is 11.4. The van der Waals surface area contributed by atoms with E-state index < -0.39 is 0 Å². The second-order valence-corrected chi connectivity index (χ2v) is 4.58. The fraction of sp³-hybridized carbons (Fsp3) is 0.357. The minimum Gasteiger partial charge on any atom is -0.394 e. The molecule has 21 heavy (non-hydrogen) atoms. The van der Waals surface area contributed by atoms with E-state index in [1.165, 1.54) is 0 Å². The molecule has 0 bridgehead atoms. The molecule has 3 N–H and O–H groups in total. The molecule has 0 fully saturated rings. The van der Waals surface area contributed by atoms with Crippen molar-refractivity contribution < 1.29 is 9.90 Å². The van der Waals surface area contributed by atoms with Gasteiger partial charge >= 0.3 is 0 Å². The number of rotatable bonds is 7. The Hall–Kier alpha value is -2.25. The van der Waals surface area contributed by atoms with E-state index in [0.29, 0.717) is 25.2 Å². The third-order valence-electron chi connectivity index (χ3n) is 2.99. The molecule has 0 aliphatic heterocycles. The van der Waals surface area contributed by atoms with Crippen LogP contribution in [0.4, 0.5) is 0 Å². The SMILES string of the molecule is CNC(=O)c1ccc(CNCc2cn(CCO)nn2)cc1. The van der Waals surface area contributed by atoms with E-state index in [9.17, 15) is 4.79 Å². The van der Waals surface area contributed by atoms with Crippen molar-refractivity contribution >= 4 is 5.91 Å². The maximum atomic E-state index is 11.4. The fourth-order valence-electron chi connectivity index (χ4n) is 1.88. The molecule has 0 unspecified atom stereocenters. The molecule has 0 saturated heterocycles. The first kappa shape index (κ1) is 15.1. The highest BCUT2D eigenvalue weighted by molar-refractivity contribution is 5.93. The summed E-state index contributed by atoms with van der Waals surface area (Å²) >= 11 is 0. The predicted molar refractivity (Wildman–Crippen MR) is 77.5 cm³/mol.